The molecule has 19 heavy (non-hydrogen) atoms. The zero-order chi connectivity index (χ0) is 13.7. The SMILES string of the molecule is COCCNC(c1ccc(F)c(Cl)c1)c1nccs1. The van der Waals surface area contributed by atoms with E-state index in [0.717, 1.165) is 10.6 Å². The van der Waals surface area contributed by atoms with Crippen LogP contribution >= 0.6 is 22.9 Å². The quantitative estimate of drug-likeness (QED) is 0.832. The molecule has 1 atom stereocenters. The second-order valence-electron chi connectivity index (χ2n) is 3.92. The predicted octanol–water partition coefficient (Wildman–Crippen LogP) is 3.26. The molecule has 0 fully saturated rings. The van der Waals surface area contributed by atoms with Gasteiger partial charge in [-0.3, -0.25) is 0 Å². The van der Waals surface area contributed by atoms with Crippen molar-refractivity contribution in [2.45, 2.75) is 6.04 Å². The minimum absolute atomic E-state index is 0.103. The fraction of sp³-hybridized carbons (Fsp3) is 0.308. The van der Waals surface area contributed by atoms with Gasteiger partial charge >= 0.3 is 0 Å². The highest BCUT2D eigenvalue weighted by atomic mass is 35.5. The molecule has 1 aromatic heterocycles. The maximum absolute atomic E-state index is 13.2. The van der Waals surface area contributed by atoms with Crippen molar-refractivity contribution in [3.63, 3.8) is 0 Å². The first-order chi connectivity index (χ1) is 9.22. The Morgan fingerprint density at radius 2 is 2.37 bits per heavy atom. The first-order valence-electron chi connectivity index (χ1n) is 5.79. The number of aromatic nitrogens is 1. The van der Waals surface area contributed by atoms with E-state index in [2.05, 4.69) is 10.3 Å². The van der Waals surface area contributed by atoms with Gasteiger partial charge in [-0.2, -0.15) is 0 Å². The van der Waals surface area contributed by atoms with Crippen LogP contribution in [0, 0.1) is 5.82 Å². The first-order valence-corrected chi connectivity index (χ1v) is 7.05. The average molecular weight is 301 g/mol. The van der Waals surface area contributed by atoms with E-state index in [1.165, 1.54) is 6.07 Å². The molecule has 1 unspecified atom stereocenters. The van der Waals surface area contributed by atoms with Gasteiger partial charge in [0.05, 0.1) is 17.7 Å². The Hall–Kier alpha value is -1.01. The summed E-state index contributed by atoms with van der Waals surface area (Å²) in [7, 11) is 1.65. The molecule has 1 heterocycles. The standard InChI is InChI=1S/C13H14ClFN2OS/c1-18-6-4-16-12(13-17-5-7-19-13)9-2-3-11(15)10(14)8-9/h2-3,5,7-8,12,16H,4,6H2,1H3. The van der Waals surface area contributed by atoms with Crippen molar-refractivity contribution in [2.75, 3.05) is 20.3 Å². The maximum Gasteiger partial charge on any atom is 0.141 e. The third kappa shape index (κ3) is 3.73. The van der Waals surface area contributed by atoms with Crippen molar-refractivity contribution in [2.24, 2.45) is 0 Å². The Morgan fingerprint density at radius 3 is 3.00 bits per heavy atom. The normalized spacial score (nSPS) is 12.6. The van der Waals surface area contributed by atoms with Crippen molar-refractivity contribution < 1.29 is 9.13 Å². The summed E-state index contributed by atoms with van der Waals surface area (Å²) in [5, 5.41) is 6.27. The largest absolute Gasteiger partial charge is 0.383 e. The zero-order valence-electron chi connectivity index (χ0n) is 10.4. The molecule has 0 aliphatic heterocycles. The smallest absolute Gasteiger partial charge is 0.141 e. The van der Waals surface area contributed by atoms with Crippen LogP contribution in [-0.4, -0.2) is 25.2 Å². The van der Waals surface area contributed by atoms with E-state index in [1.807, 2.05) is 5.38 Å². The summed E-state index contributed by atoms with van der Waals surface area (Å²) >= 11 is 7.38. The zero-order valence-corrected chi connectivity index (χ0v) is 12.0. The van der Waals surface area contributed by atoms with E-state index in [9.17, 15) is 4.39 Å². The summed E-state index contributed by atoms with van der Waals surface area (Å²) < 4.78 is 18.2. The number of nitrogens with zero attached hydrogens (tertiary/aromatic N) is 1. The Kier molecular flexibility index (Phi) is 5.27. The van der Waals surface area contributed by atoms with Gasteiger partial charge < -0.3 is 10.1 Å². The molecule has 0 spiro atoms. The van der Waals surface area contributed by atoms with Crippen LogP contribution in [0.1, 0.15) is 16.6 Å². The van der Waals surface area contributed by atoms with Crippen LogP contribution in [0.25, 0.3) is 0 Å². The third-order valence-electron chi connectivity index (χ3n) is 2.63. The molecule has 2 rings (SSSR count). The maximum atomic E-state index is 13.2. The Balaban J connectivity index is 2.23. The summed E-state index contributed by atoms with van der Waals surface area (Å²) in [6.45, 7) is 1.27. The second-order valence-corrected chi connectivity index (χ2v) is 5.26. The molecule has 0 bridgehead atoms. The molecule has 3 nitrogen and oxygen atoms in total. The molecule has 102 valence electrons. The van der Waals surface area contributed by atoms with Gasteiger partial charge in [-0.05, 0) is 17.7 Å². The summed E-state index contributed by atoms with van der Waals surface area (Å²) in [5.41, 5.74) is 0.887. The lowest BCUT2D eigenvalue weighted by Crippen LogP contribution is -2.26. The van der Waals surface area contributed by atoms with Crippen LogP contribution in [0.2, 0.25) is 5.02 Å². The first kappa shape index (κ1) is 14.4. The van der Waals surface area contributed by atoms with E-state index in [-0.39, 0.29) is 11.1 Å². The number of nitrogens with one attached hydrogen (secondary N) is 1. The molecule has 0 aliphatic carbocycles. The third-order valence-corrected chi connectivity index (χ3v) is 3.76. The van der Waals surface area contributed by atoms with Gasteiger partial charge in [0.1, 0.15) is 10.8 Å². The van der Waals surface area contributed by atoms with Crippen molar-refractivity contribution in [1.82, 2.24) is 10.3 Å². The van der Waals surface area contributed by atoms with E-state index >= 15 is 0 Å². The van der Waals surface area contributed by atoms with E-state index < -0.39 is 5.82 Å². The van der Waals surface area contributed by atoms with Crippen LogP contribution in [0.3, 0.4) is 0 Å². The highest BCUT2D eigenvalue weighted by Crippen LogP contribution is 2.27. The molecule has 6 heteroatoms. The number of benzene rings is 1. The molecular formula is C13H14ClFN2OS. The van der Waals surface area contributed by atoms with Crippen LogP contribution in [0.4, 0.5) is 4.39 Å². The van der Waals surface area contributed by atoms with Crippen molar-refractivity contribution >= 4 is 22.9 Å². The second kappa shape index (κ2) is 6.96. The fourth-order valence-corrected chi connectivity index (χ4v) is 2.65. The highest BCUT2D eigenvalue weighted by Gasteiger charge is 2.17. The summed E-state index contributed by atoms with van der Waals surface area (Å²) in [5.74, 6) is -0.416. The van der Waals surface area contributed by atoms with E-state index in [4.69, 9.17) is 16.3 Å². The van der Waals surface area contributed by atoms with Crippen LogP contribution in [-0.2, 0) is 4.74 Å². The van der Waals surface area contributed by atoms with Gasteiger partial charge in [-0.1, -0.05) is 17.7 Å². The van der Waals surface area contributed by atoms with Crippen molar-refractivity contribution in [3.8, 4) is 0 Å². The highest BCUT2D eigenvalue weighted by molar-refractivity contribution is 7.09. The molecular weight excluding hydrogens is 287 g/mol. The monoisotopic (exact) mass is 300 g/mol. The number of methoxy groups -OCH3 is 1. The molecule has 1 N–H and O–H groups in total. The van der Waals surface area contributed by atoms with Gasteiger partial charge in [0.25, 0.3) is 0 Å². The Labute approximate surface area is 120 Å². The Morgan fingerprint density at radius 1 is 1.53 bits per heavy atom. The summed E-state index contributed by atoms with van der Waals surface area (Å²) in [4.78, 5) is 4.30. The lowest BCUT2D eigenvalue weighted by atomic mass is 10.1. The van der Waals surface area contributed by atoms with Gasteiger partial charge in [0, 0.05) is 25.2 Å². The molecule has 2 aromatic rings. The van der Waals surface area contributed by atoms with Crippen LogP contribution in [0.5, 0.6) is 0 Å². The molecule has 0 saturated heterocycles. The molecule has 0 saturated carbocycles. The number of halogens is 2. The lowest BCUT2D eigenvalue weighted by Gasteiger charge is -2.17. The minimum Gasteiger partial charge on any atom is -0.383 e. The number of rotatable bonds is 6. The van der Waals surface area contributed by atoms with Gasteiger partial charge in [-0.25, -0.2) is 9.37 Å². The number of hydrogen-bond donors (Lipinski definition) is 1. The summed E-state index contributed by atoms with van der Waals surface area (Å²) in [6.07, 6.45) is 1.75. The molecule has 0 amide bonds. The van der Waals surface area contributed by atoms with Crippen LogP contribution in [0.15, 0.2) is 29.8 Å². The lowest BCUT2D eigenvalue weighted by molar-refractivity contribution is 0.197. The number of hydrogen-bond acceptors (Lipinski definition) is 4. The molecule has 1 aromatic carbocycles. The van der Waals surface area contributed by atoms with E-state index in [0.29, 0.717) is 13.2 Å². The Bertz CT molecular complexity index is 521. The topological polar surface area (TPSA) is 34.1 Å². The van der Waals surface area contributed by atoms with Gasteiger partial charge in [-0.15, -0.1) is 11.3 Å². The average Bonchev–Trinajstić information content (AvgIpc) is 2.92. The van der Waals surface area contributed by atoms with E-state index in [1.54, 1.807) is 36.8 Å². The van der Waals surface area contributed by atoms with Crippen molar-refractivity contribution in [3.05, 3.63) is 51.2 Å². The van der Waals surface area contributed by atoms with Gasteiger partial charge in [0.2, 0.25) is 0 Å². The molecule has 0 radical (unpaired) electrons. The number of thiazole rings is 1. The minimum atomic E-state index is -0.416. The predicted molar refractivity (Wildman–Crippen MR) is 75.2 cm³/mol. The van der Waals surface area contributed by atoms with Crippen molar-refractivity contribution in [1.29, 1.82) is 0 Å². The van der Waals surface area contributed by atoms with Crippen LogP contribution < -0.4 is 5.32 Å². The summed E-state index contributed by atoms with van der Waals surface area (Å²) in [6, 6.07) is 4.61. The molecule has 0 aliphatic rings. The van der Waals surface area contributed by atoms with Gasteiger partial charge in [0.15, 0.2) is 0 Å². The number of ether oxygens (including phenoxy) is 1. The fourth-order valence-electron chi connectivity index (χ4n) is 1.72.